The molecule has 0 bridgehead atoms. The normalized spacial score (nSPS) is 14.2. The first kappa shape index (κ1) is 25.6. The van der Waals surface area contributed by atoms with E-state index in [4.69, 9.17) is 4.99 Å². The van der Waals surface area contributed by atoms with Crippen molar-refractivity contribution in [2.75, 3.05) is 18.4 Å². The number of hydrogen-bond donors (Lipinski definition) is 3. The van der Waals surface area contributed by atoms with Gasteiger partial charge in [-0.25, -0.2) is 9.98 Å². The number of aliphatic imine (C=N–C) groups is 1. The first-order chi connectivity index (χ1) is 14.7. The van der Waals surface area contributed by atoms with Crippen molar-refractivity contribution < 1.29 is 4.79 Å². The third-order valence-corrected chi connectivity index (χ3v) is 6.47. The molecule has 1 amide bonds. The van der Waals surface area contributed by atoms with E-state index in [1.54, 1.807) is 11.3 Å². The van der Waals surface area contributed by atoms with Crippen LogP contribution in [0.4, 0.5) is 5.69 Å². The molecule has 2 aromatic rings. The van der Waals surface area contributed by atoms with Gasteiger partial charge in [-0.3, -0.25) is 4.79 Å². The second-order valence-corrected chi connectivity index (χ2v) is 8.82. The van der Waals surface area contributed by atoms with Crippen LogP contribution < -0.4 is 16.0 Å². The smallest absolute Gasteiger partial charge is 0.227 e. The predicted octanol–water partition coefficient (Wildman–Crippen LogP) is 4.75. The average molecular weight is 556 g/mol. The molecule has 1 fully saturated rings. The number of hydrogen-bond acceptors (Lipinski definition) is 4. The van der Waals surface area contributed by atoms with E-state index in [1.807, 2.05) is 30.5 Å². The van der Waals surface area contributed by atoms with Gasteiger partial charge in [0.05, 0.1) is 11.6 Å². The summed E-state index contributed by atoms with van der Waals surface area (Å²) in [4.78, 5) is 22.9. The average Bonchev–Trinajstić information content (AvgIpc) is 3.44. The largest absolute Gasteiger partial charge is 0.357 e. The van der Waals surface area contributed by atoms with Gasteiger partial charge in [-0.15, -0.1) is 35.3 Å². The van der Waals surface area contributed by atoms with Gasteiger partial charge < -0.3 is 16.0 Å². The predicted molar refractivity (Wildman–Crippen MR) is 140 cm³/mol. The van der Waals surface area contributed by atoms with Gasteiger partial charge in [-0.05, 0) is 43.9 Å². The fourth-order valence-electron chi connectivity index (χ4n) is 3.61. The number of guanidine groups is 1. The Hall–Kier alpha value is -1.68. The number of nitrogens with one attached hydrogen (secondary N) is 3. The molecule has 3 N–H and O–H groups in total. The summed E-state index contributed by atoms with van der Waals surface area (Å²) in [7, 11) is 0. The molecule has 6 nitrogen and oxygen atoms in total. The second kappa shape index (κ2) is 13.7. The fraction of sp³-hybridized carbons (Fsp3) is 0.522. The van der Waals surface area contributed by atoms with Crippen LogP contribution in [0, 0.1) is 5.92 Å². The molecule has 8 heteroatoms. The lowest BCUT2D eigenvalue weighted by atomic mass is 10.1. The SMILES string of the molecule is CCNC(=NCc1cccc(NC(=O)C2CCCC2)c1)NCCc1ncc(CC)s1.I. The van der Waals surface area contributed by atoms with Crippen molar-refractivity contribution in [1.82, 2.24) is 15.6 Å². The Balaban J connectivity index is 0.00000341. The van der Waals surface area contributed by atoms with E-state index in [1.165, 1.54) is 4.88 Å². The van der Waals surface area contributed by atoms with E-state index in [9.17, 15) is 4.79 Å². The van der Waals surface area contributed by atoms with Crippen LogP contribution >= 0.6 is 35.3 Å². The molecule has 1 aromatic carbocycles. The molecule has 0 spiro atoms. The Morgan fingerprint density at radius 3 is 2.74 bits per heavy atom. The summed E-state index contributed by atoms with van der Waals surface area (Å²) >= 11 is 1.78. The van der Waals surface area contributed by atoms with E-state index in [2.05, 4.69) is 34.8 Å². The van der Waals surface area contributed by atoms with Crippen LogP contribution in [0.25, 0.3) is 0 Å². The van der Waals surface area contributed by atoms with Gasteiger partial charge in [0.25, 0.3) is 0 Å². The van der Waals surface area contributed by atoms with Crippen LogP contribution in [0.2, 0.25) is 0 Å². The molecule has 0 radical (unpaired) electrons. The number of nitrogens with zero attached hydrogens (tertiary/aromatic N) is 2. The molecule has 0 atom stereocenters. The van der Waals surface area contributed by atoms with Gasteiger partial charge in [-0.1, -0.05) is 31.9 Å². The van der Waals surface area contributed by atoms with E-state index >= 15 is 0 Å². The van der Waals surface area contributed by atoms with E-state index < -0.39 is 0 Å². The standard InChI is InChI=1S/C23H33N5OS.HI/c1-3-20-16-26-21(30-20)12-13-25-23(24-4-2)27-15-17-8-7-11-19(14-17)28-22(29)18-9-5-6-10-18;/h7-8,11,14,16,18H,3-6,9-10,12-13,15H2,1-2H3,(H,28,29)(H2,24,25,27);1H. The molecule has 31 heavy (non-hydrogen) atoms. The molecule has 1 saturated carbocycles. The number of anilines is 1. The zero-order valence-corrected chi connectivity index (χ0v) is 21.6. The number of carbonyl (C=O) groups is 1. The number of benzene rings is 1. The van der Waals surface area contributed by atoms with Crippen molar-refractivity contribution in [2.45, 2.75) is 58.9 Å². The molecular formula is C23H34IN5OS. The highest BCUT2D eigenvalue weighted by Crippen LogP contribution is 2.26. The van der Waals surface area contributed by atoms with Crippen molar-refractivity contribution in [1.29, 1.82) is 0 Å². The summed E-state index contributed by atoms with van der Waals surface area (Å²) in [6.07, 6.45) is 8.23. The summed E-state index contributed by atoms with van der Waals surface area (Å²) in [5.74, 6) is 1.12. The summed E-state index contributed by atoms with van der Waals surface area (Å²) < 4.78 is 0. The number of aromatic nitrogens is 1. The Bertz CT molecular complexity index is 848. The van der Waals surface area contributed by atoms with Gasteiger partial charge in [0.1, 0.15) is 0 Å². The minimum Gasteiger partial charge on any atom is -0.357 e. The lowest BCUT2D eigenvalue weighted by Crippen LogP contribution is -2.38. The summed E-state index contributed by atoms with van der Waals surface area (Å²) in [6, 6.07) is 7.98. The second-order valence-electron chi connectivity index (χ2n) is 7.62. The van der Waals surface area contributed by atoms with Crippen LogP contribution in [0.3, 0.4) is 0 Å². The molecule has 0 unspecified atom stereocenters. The zero-order chi connectivity index (χ0) is 21.2. The number of amides is 1. The van der Waals surface area contributed by atoms with Crippen LogP contribution in [-0.4, -0.2) is 29.9 Å². The highest BCUT2D eigenvalue weighted by Gasteiger charge is 2.22. The minimum absolute atomic E-state index is 0. The Morgan fingerprint density at radius 2 is 2.03 bits per heavy atom. The van der Waals surface area contributed by atoms with Crippen molar-refractivity contribution in [3.05, 3.63) is 45.9 Å². The third-order valence-electron chi connectivity index (χ3n) is 5.27. The highest BCUT2D eigenvalue weighted by atomic mass is 127. The molecule has 0 aliphatic heterocycles. The van der Waals surface area contributed by atoms with Gasteiger partial charge in [0.15, 0.2) is 5.96 Å². The zero-order valence-electron chi connectivity index (χ0n) is 18.4. The summed E-state index contributed by atoms with van der Waals surface area (Å²) in [6.45, 7) is 6.37. The Labute approximate surface area is 206 Å². The van der Waals surface area contributed by atoms with Crippen LogP contribution in [-0.2, 0) is 24.2 Å². The molecule has 3 rings (SSSR count). The fourth-order valence-corrected chi connectivity index (χ4v) is 4.47. The first-order valence-electron chi connectivity index (χ1n) is 11.0. The molecular weight excluding hydrogens is 521 g/mol. The van der Waals surface area contributed by atoms with Crippen LogP contribution in [0.1, 0.15) is 55.0 Å². The van der Waals surface area contributed by atoms with Crippen LogP contribution in [0.15, 0.2) is 35.5 Å². The lowest BCUT2D eigenvalue weighted by molar-refractivity contribution is -0.119. The number of carbonyl (C=O) groups excluding carboxylic acids is 1. The van der Waals surface area contributed by atoms with E-state index in [0.717, 1.165) is 73.8 Å². The van der Waals surface area contributed by atoms with Crippen molar-refractivity contribution in [3.63, 3.8) is 0 Å². The quantitative estimate of drug-likeness (QED) is 0.237. The Morgan fingerprint density at radius 1 is 1.23 bits per heavy atom. The van der Waals surface area contributed by atoms with Gasteiger partial charge in [0.2, 0.25) is 5.91 Å². The van der Waals surface area contributed by atoms with Gasteiger partial charge in [0, 0.05) is 42.2 Å². The van der Waals surface area contributed by atoms with E-state index in [0.29, 0.717) is 6.54 Å². The maximum Gasteiger partial charge on any atom is 0.227 e. The monoisotopic (exact) mass is 555 g/mol. The first-order valence-corrected chi connectivity index (χ1v) is 11.8. The van der Waals surface area contributed by atoms with Gasteiger partial charge >= 0.3 is 0 Å². The highest BCUT2D eigenvalue weighted by molar-refractivity contribution is 14.0. The molecule has 1 aliphatic rings. The van der Waals surface area contributed by atoms with E-state index in [-0.39, 0.29) is 35.8 Å². The number of thiazole rings is 1. The number of rotatable bonds is 9. The van der Waals surface area contributed by atoms with Crippen molar-refractivity contribution >= 4 is 52.9 Å². The molecule has 1 aliphatic carbocycles. The topological polar surface area (TPSA) is 78.4 Å². The lowest BCUT2D eigenvalue weighted by Gasteiger charge is -2.12. The molecule has 1 aromatic heterocycles. The minimum atomic E-state index is 0. The summed E-state index contributed by atoms with van der Waals surface area (Å²) in [5, 5.41) is 10.9. The third kappa shape index (κ3) is 8.40. The van der Waals surface area contributed by atoms with Crippen molar-refractivity contribution in [2.24, 2.45) is 10.9 Å². The molecule has 1 heterocycles. The maximum atomic E-state index is 12.4. The molecule has 0 saturated heterocycles. The van der Waals surface area contributed by atoms with Gasteiger partial charge in [-0.2, -0.15) is 0 Å². The number of halogens is 1. The summed E-state index contributed by atoms with van der Waals surface area (Å²) in [5.41, 5.74) is 1.93. The maximum absolute atomic E-state index is 12.4. The molecule has 170 valence electrons. The van der Waals surface area contributed by atoms with Crippen LogP contribution in [0.5, 0.6) is 0 Å². The number of aryl methyl sites for hydroxylation is 1. The van der Waals surface area contributed by atoms with Crippen molar-refractivity contribution in [3.8, 4) is 0 Å². The Kier molecular flexibility index (Phi) is 11.3.